The van der Waals surface area contributed by atoms with Crippen molar-refractivity contribution in [2.45, 2.75) is 76.5 Å². The number of rotatable bonds is 7. The molecule has 13 heteroatoms. The molecule has 2 aromatic carbocycles. The largest absolute Gasteiger partial charge is 0.416 e. The lowest BCUT2D eigenvalue weighted by Gasteiger charge is -2.40. The van der Waals surface area contributed by atoms with Crippen molar-refractivity contribution < 1.29 is 45.4 Å². The highest BCUT2D eigenvalue weighted by molar-refractivity contribution is 5.77. The van der Waals surface area contributed by atoms with E-state index in [0.29, 0.717) is 29.7 Å². The molecule has 0 aliphatic carbocycles. The molecule has 1 aliphatic rings. The van der Waals surface area contributed by atoms with Gasteiger partial charge in [-0.3, -0.25) is 4.79 Å². The minimum absolute atomic E-state index is 0.0438. The Morgan fingerprint density at radius 1 is 1.00 bits per heavy atom. The van der Waals surface area contributed by atoms with E-state index in [2.05, 4.69) is 10.6 Å². The summed E-state index contributed by atoms with van der Waals surface area (Å²) in [5, 5.41) is 15.3. The van der Waals surface area contributed by atoms with E-state index in [1.807, 2.05) is 0 Å². The number of halogens is 7. The molecule has 3 N–H and O–H groups in total. The Hall–Kier alpha value is -3.35. The van der Waals surface area contributed by atoms with Crippen LogP contribution in [0.5, 0.6) is 0 Å². The fraction of sp³-hybridized carbons (Fsp3) is 0.500. The van der Waals surface area contributed by atoms with E-state index in [0.717, 1.165) is 0 Å². The molecule has 0 aromatic heterocycles. The van der Waals surface area contributed by atoms with Gasteiger partial charge in [-0.25, -0.2) is 9.18 Å². The molecule has 41 heavy (non-hydrogen) atoms. The Morgan fingerprint density at radius 3 is 2.15 bits per heavy atom. The van der Waals surface area contributed by atoms with Crippen molar-refractivity contribution in [2.75, 3.05) is 13.1 Å². The van der Waals surface area contributed by atoms with Crippen LogP contribution < -0.4 is 10.6 Å². The van der Waals surface area contributed by atoms with Crippen LogP contribution in [0.15, 0.2) is 36.4 Å². The third-order valence-electron chi connectivity index (χ3n) is 6.75. The molecule has 0 bridgehead atoms. The second kappa shape index (κ2) is 12.3. The molecule has 6 nitrogen and oxygen atoms in total. The topological polar surface area (TPSA) is 81.7 Å². The van der Waals surface area contributed by atoms with Crippen molar-refractivity contribution in [3.63, 3.8) is 0 Å². The molecule has 2 atom stereocenters. The van der Waals surface area contributed by atoms with Crippen LogP contribution >= 0.6 is 0 Å². The number of benzene rings is 2. The van der Waals surface area contributed by atoms with E-state index in [-0.39, 0.29) is 55.9 Å². The standard InChI is InChI=1S/C28H32F7N3O3/c1-16-10-20(29)4-5-22(16)23-14-21(37-24(39)15-26(2,3)41)7-9-38(23)25(40)36-8-6-17-11-18(27(30,31)32)13-19(12-17)28(33,34)35/h4-5,10-13,21,23,41H,6-9,14-15H2,1-3H3,(H,36,40)(H,37,39)/t21-,23+/m0/s1. The Balaban J connectivity index is 1.75. The van der Waals surface area contributed by atoms with Gasteiger partial charge in [0.05, 0.1) is 29.2 Å². The number of carbonyl (C=O) groups is 2. The summed E-state index contributed by atoms with van der Waals surface area (Å²) in [6.45, 7) is 4.56. The van der Waals surface area contributed by atoms with Gasteiger partial charge in [0.15, 0.2) is 0 Å². The quantitative estimate of drug-likeness (QED) is 0.351. The van der Waals surface area contributed by atoms with Gasteiger partial charge in [0, 0.05) is 19.1 Å². The normalized spacial score (nSPS) is 18.3. The van der Waals surface area contributed by atoms with Crippen molar-refractivity contribution in [1.29, 1.82) is 0 Å². The molecule has 3 rings (SSSR count). The van der Waals surface area contributed by atoms with Gasteiger partial charge in [0.1, 0.15) is 5.82 Å². The minimum atomic E-state index is -4.98. The number of hydrogen-bond donors (Lipinski definition) is 3. The number of amides is 3. The first kappa shape index (κ1) is 32.2. The predicted octanol–water partition coefficient (Wildman–Crippen LogP) is 5.91. The molecule has 0 unspecified atom stereocenters. The zero-order valence-electron chi connectivity index (χ0n) is 22.7. The zero-order chi connectivity index (χ0) is 30.8. The summed E-state index contributed by atoms with van der Waals surface area (Å²) >= 11 is 0. The van der Waals surface area contributed by atoms with Crippen LogP contribution in [0.2, 0.25) is 0 Å². The summed E-state index contributed by atoms with van der Waals surface area (Å²) in [4.78, 5) is 27.0. The SMILES string of the molecule is Cc1cc(F)ccc1[C@H]1C[C@@H](NC(=O)CC(C)(C)O)CCN1C(=O)NCCc1cc(C(F)(F)F)cc(C(F)(F)F)c1. The molecule has 1 fully saturated rings. The van der Waals surface area contributed by atoms with Crippen LogP contribution in [0.4, 0.5) is 35.5 Å². The molecular formula is C28H32F7N3O3. The number of piperidine rings is 1. The second-order valence-electron chi connectivity index (χ2n) is 10.9. The van der Waals surface area contributed by atoms with Crippen molar-refractivity contribution in [3.8, 4) is 0 Å². The smallest absolute Gasteiger partial charge is 0.390 e. The molecule has 2 aromatic rings. The summed E-state index contributed by atoms with van der Waals surface area (Å²) in [5.74, 6) is -0.860. The first-order valence-corrected chi connectivity index (χ1v) is 12.9. The van der Waals surface area contributed by atoms with Gasteiger partial charge in [0.25, 0.3) is 0 Å². The van der Waals surface area contributed by atoms with Crippen molar-refractivity contribution >= 4 is 11.9 Å². The number of carbonyl (C=O) groups excluding carboxylic acids is 2. The van der Waals surface area contributed by atoms with Gasteiger partial charge in [0.2, 0.25) is 5.91 Å². The van der Waals surface area contributed by atoms with Crippen molar-refractivity contribution in [1.82, 2.24) is 15.5 Å². The first-order valence-electron chi connectivity index (χ1n) is 12.9. The number of hydrogen-bond acceptors (Lipinski definition) is 3. The average Bonchev–Trinajstić information content (AvgIpc) is 2.81. The van der Waals surface area contributed by atoms with Gasteiger partial charge in [-0.2, -0.15) is 26.3 Å². The van der Waals surface area contributed by atoms with Crippen LogP contribution in [-0.4, -0.2) is 46.7 Å². The van der Waals surface area contributed by atoms with Crippen molar-refractivity contribution in [3.05, 3.63) is 70.0 Å². The molecule has 226 valence electrons. The third kappa shape index (κ3) is 9.07. The van der Waals surface area contributed by atoms with Gasteiger partial charge >= 0.3 is 18.4 Å². The summed E-state index contributed by atoms with van der Waals surface area (Å²) in [5.41, 5.74) is -3.16. The molecule has 3 amide bonds. The van der Waals surface area contributed by atoms with Gasteiger partial charge in [-0.1, -0.05) is 6.07 Å². The number of nitrogens with one attached hydrogen (secondary N) is 2. The average molecular weight is 592 g/mol. The van der Waals surface area contributed by atoms with E-state index in [4.69, 9.17) is 0 Å². The molecule has 1 aliphatic heterocycles. The maximum atomic E-state index is 13.8. The maximum Gasteiger partial charge on any atom is 0.416 e. The third-order valence-corrected chi connectivity index (χ3v) is 6.75. The lowest BCUT2D eigenvalue weighted by atomic mass is 9.89. The highest BCUT2D eigenvalue weighted by atomic mass is 19.4. The van der Waals surface area contributed by atoms with Crippen molar-refractivity contribution in [2.24, 2.45) is 0 Å². The van der Waals surface area contributed by atoms with Crippen LogP contribution in [-0.2, 0) is 23.6 Å². The van der Waals surface area contributed by atoms with Crippen LogP contribution in [0.3, 0.4) is 0 Å². The Bertz CT molecular complexity index is 1220. The van der Waals surface area contributed by atoms with Gasteiger partial charge < -0.3 is 20.6 Å². The van der Waals surface area contributed by atoms with Gasteiger partial charge in [-0.05, 0) is 87.1 Å². The number of urea groups is 1. The second-order valence-corrected chi connectivity index (χ2v) is 10.9. The number of aryl methyl sites for hydroxylation is 1. The molecule has 1 heterocycles. The molecule has 0 radical (unpaired) electrons. The fourth-order valence-electron chi connectivity index (χ4n) is 4.90. The maximum absolute atomic E-state index is 13.8. The molecule has 0 spiro atoms. The summed E-state index contributed by atoms with van der Waals surface area (Å²) in [7, 11) is 0. The van der Waals surface area contributed by atoms with Crippen LogP contribution in [0.1, 0.15) is 67.0 Å². The minimum Gasteiger partial charge on any atom is -0.390 e. The number of alkyl halides is 6. The summed E-state index contributed by atoms with van der Waals surface area (Å²) in [6, 6.07) is 3.76. The first-order chi connectivity index (χ1) is 18.8. The number of aliphatic hydroxyl groups is 1. The Kier molecular flexibility index (Phi) is 9.62. The lowest BCUT2D eigenvalue weighted by Crippen LogP contribution is -2.51. The van der Waals surface area contributed by atoms with Crippen LogP contribution in [0.25, 0.3) is 0 Å². The zero-order valence-corrected chi connectivity index (χ0v) is 22.7. The van der Waals surface area contributed by atoms with E-state index < -0.39 is 47.0 Å². The number of nitrogens with zero attached hydrogens (tertiary/aromatic N) is 1. The molecule has 1 saturated heterocycles. The van der Waals surface area contributed by atoms with E-state index >= 15 is 0 Å². The van der Waals surface area contributed by atoms with Gasteiger partial charge in [-0.15, -0.1) is 0 Å². The highest BCUT2D eigenvalue weighted by Gasteiger charge is 2.37. The summed E-state index contributed by atoms with van der Waals surface area (Å²) in [6.07, 6.45) is -9.77. The van der Waals surface area contributed by atoms with E-state index in [9.17, 15) is 45.4 Å². The molecular weight excluding hydrogens is 559 g/mol. The van der Waals surface area contributed by atoms with E-state index in [1.54, 1.807) is 6.92 Å². The predicted molar refractivity (Wildman–Crippen MR) is 136 cm³/mol. The lowest BCUT2D eigenvalue weighted by molar-refractivity contribution is -0.143. The van der Waals surface area contributed by atoms with Crippen LogP contribution in [0, 0.1) is 12.7 Å². The Morgan fingerprint density at radius 2 is 1.61 bits per heavy atom. The summed E-state index contributed by atoms with van der Waals surface area (Å²) < 4.78 is 92.9. The number of likely N-dealkylation sites (tertiary alicyclic amines) is 1. The monoisotopic (exact) mass is 591 g/mol. The Labute approximate surface area is 232 Å². The fourth-order valence-corrected chi connectivity index (χ4v) is 4.90. The van der Waals surface area contributed by atoms with E-state index in [1.165, 1.54) is 36.9 Å². The molecule has 0 saturated carbocycles. The highest BCUT2D eigenvalue weighted by Crippen LogP contribution is 2.37.